The third-order valence-corrected chi connectivity index (χ3v) is 4.09. The maximum absolute atomic E-state index is 12.3. The van der Waals surface area contributed by atoms with Gasteiger partial charge in [0, 0.05) is 37.8 Å². The van der Waals surface area contributed by atoms with E-state index in [1.165, 1.54) is 12.2 Å². The number of hydrogen-bond acceptors (Lipinski definition) is 4. The van der Waals surface area contributed by atoms with Gasteiger partial charge in [0.05, 0.1) is 12.5 Å². The van der Waals surface area contributed by atoms with E-state index < -0.39 is 0 Å². The lowest BCUT2D eigenvalue weighted by Gasteiger charge is -2.39. The van der Waals surface area contributed by atoms with Gasteiger partial charge in [-0.25, -0.2) is 0 Å². The van der Waals surface area contributed by atoms with E-state index in [2.05, 4.69) is 0 Å². The van der Waals surface area contributed by atoms with E-state index in [4.69, 9.17) is 8.83 Å². The molecule has 0 N–H and O–H groups in total. The number of piperazine rings is 1. The Morgan fingerprint density at radius 2 is 1.60 bits per heavy atom. The fourth-order valence-corrected chi connectivity index (χ4v) is 2.77. The molecule has 0 aliphatic carbocycles. The Morgan fingerprint density at radius 3 is 2.12 bits per heavy atom. The van der Waals surface area contributed by atoms with Crippen molar-refractivity contribution >= 4 is 24.0 Å². The molecule has 1 aliphatic heterocycles. The van der Waals surface area contributed by atoms with Crippen molar-refractivity contribution in [2.75, 3.05) is 19.6 Å². The normalized spacial score (nSPS) is 18.4. The zero-order valence-electron chi connectivity index (χ0n) is 14.0. The van der Waals surface area contributed by atoms with Crippen molar-refractivity contribution in [3.8, 4) is 0 Å². The molecule has 0 aromatic carbocycles. The lowest BCUT2D eigenvalue weighted by Crippen LogP contribution is -2.54. The minimum absolute atomic E-state index is 0.0523. The predicted octanol–water partition coefficient (Wildman–Crippen LogP) is 2.66. The van der Waals surface area contributed by atoms with Crippen LogP contribution >= 0.6 is 0 Å². The first-order chi connectivity index (χ1) is 12.1. The highest BCUT2D eigenvalue weighted by Crippen LogP contribution is 2.13. The van der Waals surface area contributed by atoms with Crippen LogP contribution in [0, 0.1) is 0 Å². The third-order valence-electron chi connectivity index (χ3n) is 4.09. The third kappa shape index (κ3) is 4.29. The molecule has 2 amide bonds. The number of hydrogen-bond donors (Lipinski definition) is 0. The van der Waals surface area contributed by atoms with E-state index >= 15 is 0 Å². The molecule has 0 bridgehead atoms. The molecule has 1 fully saturated rings. The average molecular weight is 340 g/mol. The van der Waals surface area contributed by atoms with Crippen molar-refractivity contribution < 1.29 is 18.4 Å². The van der Waals surface area contributed by atoms with Crippen LogP contribution < -0.4 is 0 Å². The largest absolute Gasteiger partial charge is 0.465 e. The molecule has 0 unspecified atom stereocenters. The Morgan fingerprint density at radius 1 is 1.00 bits per heavy atom. The Bertz CT molecular complexity index is 759. The lowest BCUT2D eigenvalue weighted by molar-refractivity contribution is -0.136. The van der Waals surface area contributed by atoms with Crippen LogP contribution in [0.4, 0.5) is 0 Å². The summed E-state index contributed by atoms with van der Waals surface area (Å²) in [5, 5.41) is 0. The van der Waals surface area contributed by atoms with Crippen LogP contribution in [0.2, 0.25) is 0 Å². The number of amides is 2. The molecule has 3 rings (SSSR count). The number of rotatable bonds is 4. The van der Waals surface area contributed by atoms with E-state index in [1.807, 2.05) is 6.92 Å². The van der Waals surface area contributed by atoms with Crippen molar-refractivity contribution in [1.82, 2.24) is 9.80 Å². The molecular weight excluding hydrogens is 320 g/mol. The van der Waals surface area contributed by atoms with Gasteiger partial charge >= 0.3 is 0 Å². The minimum atomic E-state index is -0.0820. The zero-order chi connectivity index (χ0) is 17.6. The standard InChI is InChI=1S/C19H20N2O4/c1-15-14-20(18(22)8-6-16-4-2-12-24-16)10-11-21(15)19(23)9-7-17-5-3-13-25-17/h2-9,12-13,15H,10-11,14H2,1H3/b8-6-,9-7+/t15-/m0/s1. The lowest BCUT2D eigenvalue weighted by atomic mass is 10.1. The smallest absolute Gasteiger partial charge is 0.247 e. The summed E-state index contributed by atoms with van der Waals surface area (Å²) in [4.78, 5) is 28.1. The summed E-state index contributed by atoms with van der Waals surface area (Å²) in [5.41, 5.74) is 0. The first-order valence-electron chi connectivity index (χ1n) is 8.16. The van der Waals surface area contributed by atoms with Gasteiger partial charge in [-0.05, 0) is 43.3 Å². The van der Waals surface area contributed by atoms with Crippen LogP contribution in [0.3, 0.4) is 0 Å². The molecule has 130 valence electrons. The second-order valence-corrected chi connectivity index (χ2v) is 5.86. The van der Waals surface area contributed by atoms with Crippen molar-refractivity contribution in [2.45, 2.75) is 13.0 Å². The van der Waals surface area contributed by atoms with Gasteiger partial charge in [0.15, 0.2) is 0 Å². The number of furan rings is 2. The molecule has 0 radical (unpaired) electrons. The topological polar surface area (TPSA) is 66.9 Å². The fourth-order valence-electron chi connectivity index (χ4n) is 2.77. The van der Waals surface area contributed by atoms with E-state index in [0.717, 1.165) is 0 Å². The SMILES string of the molecule is C[C@H]1CN(C(=O)/C=C\c2ccco2)CCN1C(=O)/C=C/c1ccco1. The van der Waals surface area contributed by atoms with Gasteiger partial charge in [-0.15, -0.1) is 0 Å². The van der Waals surface area contributed by atoms with E-state index in [-0.39, 0.29) is 17.9 Å². The first-order valence-corrected chi connectivity index (χ1v) is 8.16. The second-order valence-electron chi connectivity index (χ2n) is 5.86. The summed E-state index contributed by atoms with van der Waals surface area (Å²) in [6, 6.07) is 7.06. The Kier molecular flexibility index (Phi) is 5.18. The highest BCUT2D eigenvalue weighted by molar-refractivity contribution is 5.93. The molecule has 25 heavy (non-hydrogen) atoms. The molecule has 2 aromatic rings. The van der Waals surface area contributed by atoms with Crippen LogP contribution in [0.25, 0.3) is 12.2 Å². The molecule has 1 aliphatic rings. The highest BCUT2D eigenvalue weighted by atomic mass is 16.3. The van der Waals surface area contributed by atoms with Crippen molar-refractivity contribution in [2.24, 2.45) is 0 Å². The maximum Gasteiger partial charge on any atom is 0.247 e. The summed E-state index contributed by atoms with van der Waals surface area (Å²) in [6.07, 6.45) is 9.43. The van der Waals surface area contributed by atoms with Crippen LogP contribution in [-0.2, 0) is 9.59 Å². The molecule has 0 spiro atoms. The van der Waals surface area contributed by atoms with Crippen LogP contribution in [-0.4, -0.2) is 47.3 Å². The van der Waals surface area contributed by atoms with Gasteiger partial charge in [-0.1, -0.05) is 0 Å². The number of carbonyl (C=O) groups is 2. The first kappa shape index (κ1) is 16.8. The maximum atomic E-state index is 12.3. The van der Waals surface area contributed by atoms with Crippen molar-refractivity contribution in [1.29, 1.82) is 0 Å². The highest BCUT2D eigenvalue weighted by Gasteiger charge is 2.27. The Hall–Kier alpha value is -3.02. The predicted molar refractivity (Wildman–Crippen MR) is 93.2 cm³/mol. The minimum Gasteiger partial charge on any atom is -0.465 e. The number of nitrogens with zero attached hydrogens (tertiary/aromatic N) is 2. The van der Waals surface area contributed by atoms with Gasteiger partial charge in [0.2, 0.25) is 11.8 Å². The van der Waals surface area contributed by atoms with Gasteiger partial charge in [-0.3, -0.25) is 9.59 Å². The van der Waals surface area contributed by atoms with Gasteiger partial charge in [0.25, 0.3) is 0 Å². The van der Waals surface area contributed by atoms with E-state index in [1.54, 1.807) is 58.7 Å². The van der Waals surface area contributed by atoms with E-state index in [0.29, 0.717) is 31.2 Å². The molecule has 0 saturated carbocycles. The molecule has 6 heteroatoms. The summed E-state index contributed by atoms with van der Waals surface area (Å²) in [7, 11) is 0. The van der Waals surface area contributed by atoms with Crippen LogP contribution in [0.5, 0.6) is 0 Å². The molecule has 6 nitrogen and oxygen atoms in total. The molecule has 3 heterocycles. The van der Waals surface area contributed by atoms with Crippen LogP contribution in [0.15, 0.2) is 57.8 Å². The van der Waals surface area contributed by atoms with E-state index in [9.17, 15) is 9.59 Å². The molecular formula is C19H20N2O4. The van der Waals surface area contributed by atoms with Gasteiger partial charge in [0.1, 0.15) is 11.5 Å². The van der Waals surface area contributed by atoms with Gasteiger partial charge in [-0.2, -0.15) is 0 Å². The fraction of sp³-hybridized carbons (Fsp3) is 0.263. The Balaban J connectivity index is 1.55. The second kappa shape index (κ2) is 7.70. The average Bonchev–Trinajstić information content (AvgIpc) is 3.31. The number of carbonyl (C=O) groups excluding carboxylic acids is 2. The summed E-state index contributed by atoms with van der Waals surface area (Å²) in [5.74, 6) is 1.11. The zero-order valence-corrected chi connectivity index (χ0v) is 14.0. The Labute approximate surface area is 146 Å². The van der Waals surface area contributed by atoms with Gasteiger partial charge < -0.3 is 18.6 Å². The van der Waals surface area contributed by atoms with Crippen molar-refractivity contribution in [3.63, 3.8) is 0 Å². The molecule has 1 atom stereocenters. The molecule has 1 saturated heterocycles. The quantitative estimate of drug-likeness (QED) is 0.803. The summed E-state index contributed by atoms with van der Waals surface area (Å²) >= 11 is 0. The van der Waals surface area contributed by atoms with Crippen LogP contribution in [0.1, 0.15) is 18.4 Å². The summed E-state index contributed by atoms with van der Waals surface area (Å²) < 4.78 is 10.4. The van der Waals surface area contributed by atoms with Crippen molar-refractivity contribution in [3.05, 3.63) is 60.5 Å². The monoisotopic (exact) mass is 340 g/mol. The summed E-state index contributed by atoms with van der Waals surface area (Å²) in [6.45, 7) is 3.45. The molecule has 2 aromatic heterocycles.